The highest BCUT2D eigenvalue weighted by Crippen LogP contribution is 2.42. The quantitative estimate of drug-likeness (QED) is 0.829. The van der Waals surface area contributed by atoms with Gasteiger partial charge < -0.3 is 10.6 Å². The molecule has 23 heavy (non-hydrogen) atoms. The third kappa shape index (κ3) is 4.36. The summed E-state index contributed by atoms with van der Waals surface area (Å²) in [7, 11) is 0. The van der Waals surface area contributed by atoms with E-state index in [1.807, 2.05) is 0 Å². The Kier molecular flexibility index (Phi) is 4.85. The van der Waals surface area contributed by atoms with Crippen molar-refractivity contribution in [1.29, 1.82) is 0 Å². The fourth-order valence-electron chi connectivity index (χ4n) is 4.45. The van der Waals surface area contributed by atoms with Crippen molar-refractivity contribution in [2.24, 2.45) is 0 Å². The minimum absolute atomic E-state index is 0.213. The summed E-state index contributed by atoms with van der Waals surface area (Å²) in [5, 5.41) is 7.86. The minimum Gasteiger partial charge on any atom is -0.311 e. The van der Waals surface area contributed by atoms with E-state index < -0.39 is 0 Å². The highest BCUT2D eigenvalue weighted by molar-refractivity contribution is 5.27. The zero-order chi connectivity index (χ0) is 16.5. The maximum absolute atomic E-state index is 3.94. The molecule has 2 aliphatic rings. The zero-order valence-corrected chi connectivity index (χ0v) is 15.4. The van der Waals surface area contributed by atoms with Gasteiger partial charge in [-0.3, -0.25) is 0 Å². The van der Waals surface area contributed by atoms with Crippen molar-refractivity contribution in [1.82, 2.24) is 10.6 Å². The van der Waals surface area contributed by atoms with Crippen LogP contribution >= 0.6 is 0 Å². The van der Waals surface area contributed by atoms with Gasteiger partial charge in [-0.05, 0) is 64.9 Å². The smallest absolute Gasteiger partial charge is 0.0184 e. The van der Waals surface area contributed by atoms with Crippen LogP contribution in [0.5, 0.6) is 0 Å². The molecule has 0 heterocycles. The van der Waals surface area contributed by atoms with Crippen molar-refractivity contribution in [2.45, 2.75) is 95.3 Å². The van der Waals surface area contributed by atoms with E-state index in [0.29, 0.717) is 11.6 Å². The number of hydrogen-bond donors (Lipinski definition) is 2. The summed E-state index contributed by atoms with van der Waals surface area (Å²) in [6.45, 7) is 9.23. The second-order valence-electron chi connectivity index (χ2n) is 8.81. The van der Waals surface area contributed by atoms with Gasteiger partial charge in [0.05, 0.1) is 0 Å². The first-order chi connectivity index (χ1) is 10.9. The molecule has 2 heteroatoms. The summed E-state index contributed by atoms with van der Waals surface area (Å²) < 4.78 is 0. The van der Waals surface area contributed by atoms with Gasteiger partial charge in [0.25, 0.3) is 0 Å². The van der Waals surface area contributed by atoms with Crippen LogP contribution in [0.25, 0.3) is 0 Å². The van der Waals surface area contributed by atoms with Gasteiger partial charge in [-0.15, -0.1) is 0 Å². The van der Waals surface area contributed by atoms with Gasteiger partial charge in [-0.25, -0.2) is 0 Å². The maximum Gasteiger partial charge on any atom is 0.0184 e. The van der Waals surface area contributed by atoms with Gasteiger partial charge in [0.15, 0.2) is 0 Å². The Hall–Kier alpha value is -0.860. The third-order valence-electron chi connectivity index (χ3n) is 5.73. The topological polar surface area (TPSA) is 24.1 Å². The molecule has 0 radical (unpaired) electrons. The summed E-state index contributed by atoms with van der Waals surface area (Å²) in [6.07, 6.45) is 7.80. The van der Waals surface area contributed by atoms with Crippen LogP contribution in [0.3, 0.4) is 0 Å². The van der Waals surface area contributed by atoms with Crippen molar-refractivity contribution in [3.05, 3.63) is 35.9 Å². The SMILES string of the molecule is CC[C@]1(NC(C)(C)C)CC[C@H](N[C@H]2C[C@@H]2c2ccccc2)CC1. The highest BCUT2D eigenvalue weighted by Gasteiger charge is 2.42. The molecule has 0 unspecified atom stereocenters. The van der Waals surface area contributed by atoms with Crippen molar-refractivity contribution < 1.29 is 0 Å². The van der Waals surface area contributed by atoms with Crippen molar-refractivity contribution >= 4 is 0 Å². The molecule has 0 spiro atoms. The van der Waals surface area contributed by atoms with Crippen molar-refractivity contribution in [2.75, 3.05) is 0 Å². The van der Waals surface area contributed by atoms with Crippen LogP contribution in [0, 0.1) is 0 Å². The standard InChI is InChI=1S/C21H34N2/c1-5-21(23-20(2,3)4)13-11-17(12-14-21)22-19-15-18(19)16-9-7-6-8-10-16/h6-10,17-19,22-23H,5,11-15H2,1-4H3/t17-,18-,19+,21-/m1/s1. The highest BCUT2D eigenvalue weighted by atomic mass is 15.1. The van der Waals surface area contributed by atoms with Gasteiger partial charge in [0.1, 0.15) is 0 Å². The van der Waals surface area contributed by atoms with Gasteiger partial charge >= 0.3 is 0 Å². The first-order valence-corrected chi connectivity index (χ1v) is 9.51. The number of nitrogens with one attached hydrogen (secondary N) is 2. The van der Waals surface area contributed by atoms with E-state index in [4.69, 9.17) is 0 Å². The lowest BCUT2D eigenvalue weighted by atomic mass is 9.76. The molecule has 0 saturated heterocycles. The van der Waals surface area contributed by atoms with E-state index in [1.165, 1.54) is 44.1 Å². The second-order valence-corrected chi connectivity index (χ2v) is 8.81. The molecule has 2 saturated carbocycles. The monoisotopic (exact) mass is 314 g/mol. The lowest BCUT2D eigenvalue weighted by Crippen LogP contribution is -2.56. The van der Waals surface area contributed by atoms with E-state index >= 15 is 0 Å². The third-order valence-corrected chi connectivity index (χ3v) is 5.73. The lowest BCUT2D eigenvalue weighted by molar-refractivity contribution is 0.154. The predicted molar refractivity (Wildman–Crippen MR) is 98.9 cm³/mol. The molecule has 1 aromatic rings. The van der Waals surface area contributed by atoms with Crippen LogP contribution < -0.4 is 10.6 Å². The summed E-state index contributed by atoms with van der Waals surface area (Å²) in [5.74, 6) is 0.752. The molecule has 2 nitrogen and oxygen atoms in total. The molecule has 2 fully saturated rings. The van der Waals surface area contributed by atoms with Crippen molar-refractivity contribution in [3.63, 3.8) is 0 Å². The Morgan fingerprint density at radius 2 is 1.74 bits per heavy atom. The van der Waals surface area contributed by atoms with E-state index in [2.05, 4.69) is 68.7 Å². The molecular weight excluding hydrogens is 280 g/mol. The number of rotatable bonds is 5. The van der Waals surface area contributed by atoms with Crippen LogP contribution in [0.2, 0.25) is 0 Å². The van der Waals surface area contributed by atoms with Crippen LogP contribution in [-0.4, -0.2) is 23.2 Å². The summed E-state index contributed by atoms with van der Waals surface area (Å²) >= 11 is 0. The van der Waals surface area contributed by atoms with E-state index in [9.17, 15) is 0 Å². The normalized spacial score (nSPS) is 34.3. The second kappa shape index (κ2) is 6.57. The number of hydrogen-bond acceptors (Lipinski definition) is 2. The molecule has 2 N–H and O–H groups in total. The Morgan fingerprint density at radius 3 is 2.30 bits per heavy atom. The fraction of sp³-hybridized carbons (Fsp3) is 0.714. The first-order valence-electron chi connectivity index (χ1n) is 9.51. The summed E-state index contributed by atoms with van der Waals surface area (Å²) in [4.78, 5) is 0. The average Bonchev–Trinajstić information content (AvgIpc) is 3.28. The molecule has 3 rings (SSSR count). The van der Waals surface area contributed by atoms with Gasteiger partial charge in [-0.2, -0.15) is 0 Å². The Labute approximate surface area is 142 Å². The van der Waals surface area contributed by atoms with Gasteiger partial charge in [0, 0.05) is 29.1 Å². The Balaban J connectivity index is 1.48. The van der Waals surface area contributed by atoms with Crippen LogP contribution in [0.1, 0.15) is 77.7 Å². The van der Waals surface area contributed by atoms with Crippen LogP contribution in [0.4, 0.5) is 0 Å². The van der Waals surface area contributed by atoms with E-state index in [0.717, 1.165) is 12.0 Å². The van der Waals surface area contributed by atoms with Gasteiger partial charge in [-0.1, -0.05) is 37.3 Å². The van der Waals surface area contributed by atoms with Crippen molar-refractivity contribution in [3.8, 4) is 0 Å². The van der Waals surface area contributed by atoms with Gasteiger partial charge in [0.2, 0.25) is 0 Å². The minimum atomic E-state index is 0.213. The lowest BCUT2D eigenvalue weighted by Gasteiger charge is -2.45. The van der Waals surface area contributed by atoms with Crippen LogP contribution in [-0.2, 0) is 0 Å². The molecule has 2 aliphatic carbocycles. The molecular formula is C21H34N2. The molecule has 0 bridgehead atoms. The van der Waals surface area contributed by atoms with E-state index in [-0.39, 0.29) is 5.54 Å². The molecule has 0 aliphatic heterocycles. The Bertz CT molecular complexity index is 494. The molecule has 0 amide bonds. The van der Waals surface area contributed by atoms with Crippen LogP contribution in [0.15, 0.2) is 30.3 Å². The molecule has 128 valence electrons. The Morgan fingerprint density at radius 1 is 1.09 bits per heavy atom. The molecule has 1 aromatic carbocycles. The molecule has 2 atom stereocenters. The average molecular weight is 315 g/mol. The predicted octanol–water partition coefficient (Wildman–Crippen LogP) is 4.61. The summed E-state index contributed by atoms with van der Waals surface area (Å²) in [6, 6.07) is 12.4. The first kappa shape index (κ1) is 17.0. The van der Waals surface area contributed by atoms with E-state index in [1.54, 1.807) is 0 Å². The maximum atomic E-state index is 3.94. The molecule has 0 aromatic heterocycles. The summed E-state index contributed by atoms with van der Waals surface area (Å²) in [5.41, 5.74) is 2.09. The largest absolute Gasteiger partial charge is 0.311 e. The number of benzene rings is 1. The fourth-order valence-corrected chi connectivity index (χ4v) is 4.45. The zero-order valence-electron chi connectivity index (χ0n) is 15.4.